The Morgan fingerprint density at radius 3 is 0.938 bits per heavy atom. The number of aliphatic hydroxyl groups is 5. The van der Waals surface area contributed by atoms with Gasteiger partial charge in [-0.3, -0.25) is 0 Å². The van der Waals surface area contributed by atoms with Crippen LogP contribution in [0.1, 0.15) is 20.8 Å². The number of rotatable bonds is 4. The number of hydrogen-bond donors (Lipinski definition) is 5. The van der Waals surface area contributed by atoms with Crippen LogP contribution in [0.2, 0.25) is 0 Å². The van der Waals surface area contributed by atoms with Gasteiger partial charge in [-0.1, -0.05) is 0 Å². The van der Waals surface area contributed by atoms with Gasteiger partial charge in [0.25, 0.3) is 0 Å². The fraction of sp³-hybridized carbons (Fsp3) is 1.00. The highest BCUT2D eigenvalue weighted by Crippen LogP contribution is 1.68. The molecule has 0 unspecified atom stereocenters. The zero-order valence-electron chi connectivity index (χ0n) is 10.6. The summed E-state index contributed by atoms with van der Waals surface area (Å²) < 4.78 is 4.63. The molecule has 0 aliphatic heterocycles. The Bertz CT molecular complexity index is 54.5. The van der Waals surface area contributed by atoms with Gasteiger partial charge in [-0.2, -0.15) is 0 Å². The number of hydrogen-bond acceptors (Lipinski definition) is 6. The fourth-order valence-electron chi connectivity index (χ4n) is 0.231. The van der Waals surface area contributed by atoms with Crippen LogP contribution in [-0.2, 0) is 4.74 Å². The van der Waals surface area contributed by atoms with Crippen molar-refractivity contribution in [1.82, 2.24) is 0 Å². The molecule has 0 radical (unpaired) electrons. The summed E-state index contributed by atoms with van der Waals surface area (Å²) in [5, 5.41) is 38.9. The summed E-state index contributed by atoms with van der Waals surface area (Å²) in [6.45, 7) is 6.49. The van der Waals surface area contributed by atoms with Crippen LogP contribution in [0.3, 0.4) is 0 Å². The minimum Gasteiger partial charge on any atom is -0.397 e. The summed E-state index contributed by atoms with van der Waals surface area (Å²) >= 11 is 0. The molecule has 5 N–H and O–H groups in total. The molecule has 0 rings (SSSR count). The van der Waals surface area contributed by atoms with Gasteiger partial charge >= 0.3 is 0 Å². The maximum absolute atomic E-state index is 8.09. The highest BCUT2D eigenvalue weighted by molar-refractivity contribution is 4.24. The van der Waals surface area contributed by atoms with Crippen LogP contribution in [0.5, 0.6) is 0 Å². The lowest BCUT2D eigenvalue weighted by Crippen LogP contribution is -2.03. The predicted octanol–water partition coefficient (Wildman–Crippen LogP) is -1.02. The van der Waals surface area contributed by atoms with E-state index < -0.39 is 0 Å². The Morgan fingerprint density at radius 1 is 0.625 bits per heavy atom. The van der Waals surface area contributed by atoms with Crippen LogP contribution in [0.15, 0.2) is 0 Å². The molecule has 6 heteroatoms. The van der Waals surface area contributed by atoms with Gasteiger partial charge < -0.3 is 30.3 Å². The lowest BCUT2D eigenvalue weighted by atomic mass is 10.7. The zero-order valence-corrected chi connectivity index (χ0v) is 10.6. The van der Waals surface area contributed by atoms with Crippen molar-refractivity contribution in [1.29, 1.82) is 0 Å². The van der Waals surface area contributed by atoms with Crippen LogP contribution in [-0.4, -0.2) is 71.8 Å². The second kappa shape index (κ2) is 46.4. The standard InChI is InChI=1S/C4H10O3.3C2H6O/c5-1-3-7-4-2-6;3*1-2-3/h5-6H,1-4H2;3*3H,2H2,1H3. The molecule has 0 aromatic rings. The summed E-state index contributed by atoms with van der Waals surface area (Å²) in [7, 11) is 0. The minimum absolute atomic E-state index is 0.0278. The van der Waals surface area contributed by atoms with E-state index in [1.54, 1.807) is 20.8 Å². The summed E-state index contributed by atoms with van der Waals surface area (Å²) in [5.41, 5.74) is 0. The quantitative estimate of drug-likeness (QED) is 0.405. The molecule has 104 valence electrons. The topological polar surface area (TPSA) is 110 Å². The van der Waals surface area contributed by atoms with E-state index in [1.165, 1.54) is 0 Å². The van der Waals surface area contributed by atoms with Crippen LogP contribution >= 0.6 is 0 Å². The molecular formula is C10H28O6. The zero-order chi connectivity index (χ0) is 13.7. The molecule has 16 heavy (non-hydrogen) atoms. The fourth-order valence-corrected chi connectivity index (χ4v) is 0.231. The molecule has 6 nitrogen and oxygen atoms in total. The monoisotopic (exact) mass is 244 g/mol. The van der Waals surface area contributed by atoms with Crippen molar-refractivity contribution in [2.24, 2.45) is 0 Å². The third-order valence-corrected chi connectivity index (χ3v) is 0.471. The van der Waals surface area contributed by atoms with Gasteiger partial charge in [0.2, 0.25) is 0 Å². The summed E-state index contributed by atoms with van der Waals surface area (Å²) in [5.74, 6) is 0. The van der Waals surface area contributed by atoms with E-state index in [9.17, 15) is 0 Å². The van der Waals surface area contributed by atoms with Crippen LogP contribution < -0.4 is 0 Å². The average Bonchev–Trinajstić information content (AvgIpc) is 2.22. The Morgan fingerprint density at radius 2 is 0.812 bits per heavy atom. The maximum atomic E-state index is 8.09. The average molecular weight is 244 g/mol. The maximum Gasteiger partial charge on any atom is 0.0698 e. The highest BCUT2D eigenvalue weighted by atomic mass is 16.5. The summed E-state index contributed by atoms with van der Waals surface area (Å²) in [6, 6.07) is 0. The van der Waals surface area contributed by atoms with E-state index in [1.807, 2.05) is 0 Å². The first-order valence-electron chi connectivity index (χ1n) is 5.28. The molecule has 0 aromatic carbocycles. The van der Waals surface area contributed by atoms with Crippen molar-refractivity contribution >= 4 is 0 Å². The number of ether oxygens (including phenoxy) is 1. The molecule has 0 aromatic heterocycles. The predicted molar refractivity (Wildman–Crippen MR) is 63.3 cm³/mol. The van der Waals surface area contributed by atoms with Gasteiger partial charge in [0.05, 0.1) is 26.4 Å². The summed E-state index contributed by atoms with van der Waals surface area (Å²) in [6.07, 6.45) is 0. The van der Waals surface area contributed by atoms with Crippen LogP contribution in [0, 0.1) is 0 Å². The lowest BCUT2D eigenvalue weighted by molar-refractivity contribution is 0.0650. The van der Waals surface area contributed by atoms with E-state index in [0.29, 0.717) is 13.2 Å². The third kappa shape index (κ3) is 158. The van der Waals surface area contributed by atoms with E-state index in [0.717, 1.165) is 0 Å². The van der Waals surface area contributed by atoms with Gasteiger partial charge in [0.1, 0.15) is 0 Å². The van der Waals surface area contributed by atoms with E-state index in [2.05, 4.69) is 4.74 Å². The summed E-state index contributed by atoms with van der Waals surface area (Å²) in [4.78, 5) is 0. The van der Waals surface area contributed by atoms with Gasteiger partial charge in [0, 0.05) is 19.8 Å². The Hall–Kier alpha value is -0.240. The first-order chi connectivity index (χ1) is 7.66. The second-order valence-corrected chi connectivity index (χ2v) is 2.01. The van der Waals surface area contributed by atoms with Gasteiger partial charge in [-0.25, -0.2) is 0 Å². The molecule has 0 aliphatic carbocycles. The van der Waals surface area contributed by atoms with Crippen LogP contribution in [0.25, 0.3) is 0 Å². The molecule has 0 aliphatic rings. The molecule has 0 heterocycles. The van der Waals surface area contributed by atoms with E-state index >= 15 is 0 Å². The molecule has 0 amide bonds. The molecule has 0 atom stereocenters. The lowest BCUT2D eigenvalue weighted by Gasteiger charge is -1.94. The second-order valence-electron chi connectivity index (χ2n) is 2.01. The first-order valence-corrected chi connectivity index (χ1v) is 5.28. The van der Waals surface area contributed by atoms with Crippen molar-refractivity contribution in [2.45, 2.75) is 20.8 Å². The van der Waals surface area contributed by atoms with Crippen molar-refractivity contribution in [3.05, 3.63) is 0 Å². The van der Waals surface area contributed by atoms with Crippen LogP contribution in [0.4, 0.5) is 0 Å². The Labute approximate surface area is 98.1 Å². The van der Waals surface area contributed by atoms with Crippen molar-refractivity contribution in [3.8, 4) is 0 Å². The highest BCUT2D eigenvalue weighted by Gasteiger charge is 1.79. The molecule has 0 spiro atoms. The largest absolute Gasteiger partial charge is 0.397 e. The smallest absolute Gasteiger partial charge is 0.0698 e. The Balaban J connectivity index is -0.0000000677. The number of aliphatic hydroxyl groups excluding tert-OH is 5. The van der Waals surface area contributed by atoms with Gasteiger partial charge in [0.15, 0.2) is 0 Å². The Kier molecular flexibility index (Phi) is 72.0. The SMILES string of the molecule is CCO.CCO.CCO.OCCOCCO. The normalized spacial score (nSPS) is 7.50. The van der Waals surface area contributed by atoms with Crippen molar-refractivity contribution in [3.63, 3.8) is 0 Å². The van der Waals surface area contributed by atoms with Crippen molar-refractivity contribution in [2.75, 3.05) is 46.2 Å². The van der Waals surface area contributed by atoms with Gasteiger partial charge in [-0.05, 0) is 20.8 Å². The molecule has 0 saturated carbocycles. The van der Waals surface area contributed by atoms with E-state index in [-0.39, 0.29) is 33.0 Å². The molecular weight excluding hydrogens is 216 g/mol. The molecule has 0 saturated heterocycles. The van der Waals surface area contributed by atoms with Crippen molar-refractivity contribution < 1.29 is 30.3 Å². The third-order valence-electron chi connectivity index (χ3n) is 0.471. The molecule has 0 bridgehead atoms. The van der Waals surface area contributed by atoms with Gasteiger partial charge in [-0.15, -0.1) is 0 Å². The first kappa shape index (κ1) is 24.8. The minimum atomic E-state index is 0.0278. The molecule has 0 fully saturated rings. The van der Waals surface area contributed by atoms with E-state index in [4.69, 9.17) is 25.5 Å².